The number of nitrogens with one attached hydrogen (secondary N) is 1. The minimum Gasteiger partial charge on any atom is -0.462 e. The summed E-state index contributed by atoms with van der Waals surface area (Å²) < 4.78 is 11.6. The largest absolute Gasteiger partial charge is 0.462 e. The lowest BCUT2D eigenvalue weighted by molar-refractivity contribution is 0.0855. The van der Waals surface area contributed by atoms with Gasteiger partial charge < -0.3 is 19.4 Å². The van der Waals surface area contributed by atoms with E-state index in [0.29, 0.717) is 12.5 Å². The van der Waals surface area contributed by atoms with Crippen LogP contribution in [-0.2, 0) is 17.9 Å². The van der Waals surface area contributed by atoms with E-state index in [-0.39, 0.29) is 0 Å². The standard InChI is InChI=1S/C17H30N2O2/c1-13(2)10-18-11-17-14(3)9-16(21-17)12-20-8-7-19(4)15-5-6-15/h9,13,15,18H,5-8,10-12H2,1-4H3. The average Bonchev–Trinajstić information content (AvgIpc) is 3.21. The summed E-state index contributed by atoms with van der Waals surface area (Å²) in [4.78, 5) is 2.38. The van der Waals surface area contributed by atoms with Gasteiger partial charge in [-0.3, -0.25) is 0 Å². The van der Waals surface area contributed by atoms with E-state index in [1.165, 1.54) is 18.4 Å². The fourth-order valence-corrected chi connectivity index (χ4v) is 2.39. The van der Waals surface area contributed by atoms with Crippen molar-refractivity contribution in [3.63, 3.8) is 0 Å². The van der Waals surface area contributed by atoms with E-state index >= 15 is 0 Å². The molecular weight excluding hydrogens is 264 g/mol. The van der Waals surface area contributed by atoms with Crippen LogP contribution in [0.5, 0.6) is 0 Å². The van der Waals surface area contributed by atoms with Gasteiger partial charge in [-0.25, -0.2) is 0 Å². The van der Waals surface area contributed by atoms with Gasteiger partial charge in [-0.2, -0.15) is 0 Å². The molecule has 0 amide bonds. The summed E-state index contributed by atoms with van der Waals surface area (Å²) in [7, 11) is 2.18. The Bertz CT molecular complexity index is 424. The second kappa shape index (κ2) is 7.97. The number of rotatable bonds is 10. The highest BCUT2D eigenvalue weighted by atomic mass is 16.5. The van der Waals surface area contributed by atoms with Gasteiger partial charge in [-0.1, -0.05) is 13.8 Å². The number of nitrogens with zero attached hydrogens (tertiary/aromatic N) is 1. The van der Waals surface area contributed by atoms with E-state index in [4.69, 9.17) is 9.15 Å². The zero-order valence-corrected chi connectivity index (χ0v) is 13.9. The van der Waals surface area contributed by atoms with Crippen LogP contribution in [0.1, 0.15) is 43.8 Å². The van der Waals surface area contributed by atoms with E-state index in [0.717, 1.165) is 43.8 Å². The van der Waals surface area contributed by atoms with Gasteiger partial charge in [0, 0.05) is 12.6 Å². The van der Waals surface area contributed by atoms with Crippen LogP contribution in [0.15, 0.2) is 10.5 Å². The molecule has 0 atom stereocenters. The van der Waals surface area contributed by atoms with Crippen LogP contribution in [0, 0.1) is 12.8 Å². The van der Waals surface area contributed by atoms with E-state index in [1.807, 2.05) is 0 Å². The lowest BCUT2D eigenvalue weighted by Gasteiger charge is -2.14. The van der Waals surface area contributed by atoms with Crippen molar-refractivity contribution >= 4 is 0 Å². The molecule has 120 valence electrons. The fourth-order valence-electron chi connectivity index (χ4n) is 2.39. The van der Waals surface area contributed by atoms with Crippen LogP contribution in [-0.4, -0.2) is 37.7 Å². The predicted octanol–water partition coefficient (Wildman–Crippen LogP) is 2.94. The molecule has 4 nitrogen and oxygen atoms in total. The van der Waals surface area contributed by atoms with Gasteiger partial charge >= 0.3 is 0 Å². The monoisotopic (exact) mass is 294 g/mol. The summed E-state index contributed by atoms with van der Waals surface area (Å²) in [6.07, 6.45) is 2.70. The Hall–Kier alpha value is -0.840. The maximum atomic E-state index is 5.86. The van der Waals surface area contributed by atoms with Gasteiger partial charge in [0.1, 0.15) is 18.1 Å². The number of aryl methyl sites for hydroxylation is 1. The van der Waals surface area contributed by atoms with Gasteiger partial charge in [-0.15, -0.1) is 0 Å². The van der Waals surface area contributed by atoms with E-state index in [9.17, 15) is 0 Å². The van der Waals surface area contributed by atoms with E-state index < -0.39 is 0 Å². The summed E-state index contributed by atoms with van der Waals surface area (Å²) >= 11 is 0. The smallest absolute Gasteiger partial charge is 0.130 e. The number of hydrogen-bond acceptors (Lipinski definition) is 4. The first-order chi connectivity index (χ1) is 10.1. The van der Waals surface area contributed by atoms with Gasteiger partial charge in [0.25, 0.3) is 0 Å². The molecule has 0 aromatic carbocycles. The van der Waals surface area contributed by atoms with Gasteiger partial charge in [0.05, 0.1) is 13.2 Å². The summed E-state index contributed by atoms with van der Waals surface area (Å²) in [5.41, 5.74) is 1.21. The molecule has 1 aromatic heterocycles. The van der Waals surface area contributed by atoms with Crippen molar-refractivity contribution in [1.29, 1.82) is 0 Å². The van der Waals surface area contributed by atoms with Crippen LogP contribution in [0.25, 0.3) is 0 Å². The Balaban J connectivity index is 1.66. The van der Waals surface area contributed by atoms with Crippen molar-refractivity contribution in [3.8, 4) is 0 Å². The summed E-state index contributed by atoms with van der Waals surface area (Å²) in [6.45, 7) is 10.7. The first-order valence-electron chi connectivity index (χ1n) is 8.13. The van der Waals surface area contributed by atoms with Gasteiger partial charge in [-0.05, 0) is 50.9 Å². The van der Waals surface area contributed by atoms with Crippen molar-refractivity contribution in [1.82, 2.24) is 10.2 Å². The molecule has 1 heterocycles. The lowest BCUT2D eigenvalue weighted by Crippen LogP contribution is -2.25. The normalized spacial score (nSPS) is 15.3. The molecule has 0 saturated heterocycles. The van der Waals surface area contributed by atoms with Crippen LogP contribution in [0.3, 0.4) is 0 Å². The van der Waals surface area contributed by atoms with Gasteiger partial charge in [0.15, 0.2) is 0 Å². The van der Waals surface area contributed by atoms with Crippen molar-refractivity contribution in [3.05, 3.63) is 23.2 Å². The van der Waals surface area contributed by atoms with Crippen molar-refractivity contribution < 1.29 is 9.15 Å². The summed E-state index contributed by atoms with van der Waals surface area (Å²) in [5, 5.41) is 3.42. The minimum atomic E-state index is 0.573. The lowest BCUT2D eigenvalue weighted by atomic mass is 10.2. The van der Waals surface area contributed by atoms with Crippen LogP contribution in [0.4, 0.5) is 0 Å². The highest BCUT2D eigenvalue weighted by molar-refractivity contribution is 5.19. The van der Waals surface area contributed by atoms with Crippen LogP contribution < -0.4 is 5.32 Å². The van der Waals surface area contributed by atoms with E-state index in [1.54, 1.807) is 0 Å². The van der Waals surface area contributed by atoms with Crippen molar-refractivity contribution in [2.75, 3.05) is 26.7 Å². The molecule has 1 aromatic rings. The third kappa shape index (κ3) is 5.81. The topological polar surface area (TPSA) is 37.6 Å². The Kier molecular flexibility index (Phi) is 6.27. The molecule has 1 fully saturated rings. The molecule has 0 spiro atoms. The Morgan fingerprint density at radius 1 is 1.43 bits per heavy atom. The Morgan fingerprint density at radius 3 is 2.86 bits per heavy atom. The molecule has 0 unspecified atom stereocenters. The Morgan fingerprint density at radius 2 is 2.19 bits per heavy atom. The molecule has 0 radical (unpaired) electrons. The highest BCUT2D eigenvalue weighted by Gasteiger charge is 2.25. The minimum absolute atomic E-state index is 0.573. The molecule has 2 rings (SSSR count). The molecule has 1 saturated carbocycles. The number of furan rings is 1. The maximum absolute atomic E-state index is 5.86. The highest BCUT2D eigenvalue weighted by Crippen LogP contribution is 2.24. The second-order valence-electron chi connectivity index (χ2n) is 6.61. The van der Waals surface area contributed by atoms with Crippen molar-refractivity contribution in [2.45, 2.75) is 52.8 Å². The molecular formula is C17H30N2O2. The third-order valence-corrected chi connectivity index (χ3v) is 3.91. The SMILES string of the molecule is Cc1cc(COCCN(C)C2CC2)oc1CNCC(C)C. The molecule has 4 heteroatoms. The summed E-state index contributed by atoms with van der Waals surface area (Å²) in [5.74, 6) is 2.62. The van der Waals surface area contributed by atoms with Crippen LogP contribution in [0.2, 0.25) is 0 Å². The molecule has 1 aliphatic rings. The zero-order chi connectivity index (χ0) is 15.2. The fraction of sp³-hybridized carbons (Fsp3) is 0.765. The molecule has 21 heavy (non-hydrogen) atoms. The van der Waals surface area contributed by atoms with Gasteiger partial charge in [0.2, 0.25) is 0 Å². The van der Waals surface area contributed by atoms with Crippen molar-refractivity contribution in [2.24, 2.45) is 5.92 Å². The van der Waals surface area contributed by atoms with E-state index in [2.05, 4.69) is 44.1 Å². The second-order valence-corrected chi connectivity index (χ2v) is 6.61. The molecule has 1 N–H and O–H groups in total. The van der Waals surface area contributed by atoms with Crippen LogP contribution >= 0.6 is 0 Å². The number of ether oxygens (including phenoxy) is 1. The summed E-state index contributed by atoms with van der Waals surface area (Å²) in [6, 6.07) is 2.90. The average molecular weight is 294 g/mol. The predicted molar refractivity (Wildman–Crippen MR) is 85.3 cm³/mol. The quantitative estimate of drug-likeness (QED) is 0.673. The third-order valence-electron chi connectivity index (χ3n) is 3.91. The zero-order valence-electron chi connectivity index (χ0n) is 13.9. The first-order valence-corrected chi connectivity index (χ1v) is 8.13. The molecule has 1 aliphatic carbocycles. The molecule has 0 bridgehead atoms. The maximum Gasteiger partial charge on any atom is 0.130 e. The first kappa shape index (κ1) is 16.5. The number of hydrogen-bond donors (Lipinski definition) is 1. The molecule has 0 aliphatic heterocycles. The Labute approximate surface area is 128 Å². The number of likely N-dealkylation sites (N-methyl/N-ethyl adjacent to an activating group) is 1.